The summed E-state index contributed by atoms with van der Waals surface area (Å²) in [6.45, 7) is 19.8. The van der Waals surface area contributed by atoms with Crippen LogP contribution in [0.4, 0.5) is 0 Å². The molecule has 2 aliphatic rings. The van der Waals surface area contributed by atoms with Gasteiger partial charge in [-0.25, -0.2) is 0 Å². The summed E-state index contributed by atoms with van der Waals surface area (Å²) in [7, 11) is 1.35. The maximum Gasteiger partial charge on any atom is 0.302 e. The van der Waals surface area contributed by atoms with Crippen molar-refractivity contribution >= 4 is 11.8 Å². The number of esters is 1. The maximum atomic E-state index is 12.6. The summed E-state index contributed by atoms with van der Waals surface area (Å²) in [6, 6.07) is 0. The third-order valence-corrected chi connectivity index (χ3v) is 5.99. The molecule has 3 unspecified atom stereocenters. The first kappa shape index (κ1) is 29.5. The topological polar surface area (TPSA) is 83.8 Å². The van der Waals surface area contributed by atoms with Crippen molar-refractivity contribution in [3.8, 4) is 0 Å². The molecule has 5 atom stereocenters. The van der Waals surface area contributed by atoms with Crippen LogP contribution < -0.4 is 0 Å². The van der Waals surface area contributed by atoms with Crippen LogP contribution in [0.2, 0.25) is 0 Å². The second-order valence-corrected chi connectivity index (χ2v) is 10.5. The molecule has 0 amide bonds. The van der Waals surface area contributed by atoms with E-state index in [4.69, 9.17) is 0 Å². The van der Waals surface area contributed by atoms with Gasteiger partial charge in [0.05, 0.1) is 12.7 Å². The van der Waals surface area contributed by atoms with E-state index in [1.165, 1.54) is 20.5 Å². The molecule has 0 aromatic heterocycles. The molecular formula is C26H46O5. The summed E-state index contributed by atoms with van der Waals surface area (Å²) < 4.78 is 4.11. The van der Waals surface area contributed by atoms with Gasteiger partial charge in [-0.15, -0.1) is 0 Å². The summed E-state index contributed by atoms with van der Waals surface area (Å²) in [6.07, 6.45) is 6.23. The van der Waals surface area contributed by atoms with Crippen LogP contribution in [-0.4, -0.2) is 40.3 Å². The number of aliphatic hydroxyl groups is 2. The Morgan fingerprint density at radius 2 is 1.68 bits per heavy atom. The molecule has 0 aliphatic heterocycles. The molecule has 5 heteroatoms. The van der Waals surface area contributed by atoms with Gasteiger partial charge in [-0.2, -0.15) is 0 Å². The molecular weight excluding hydrogens is 392 g/mol. The van der Waals surface area contributed by atoms with Crippen molar-refractivity contribution < 1.29 is 24.5 Å². The van der Waals surface area contributed by atoms with Crippen molar-refractivity contribution in [2.45, 2.75) is 99.7 Å². The Morgan fingerprint density at radius 3 is 2.06 bits per heavy atom. The molecule has 0 saturated carbocycles. The average Bonchev–Trinajstić information content (AvgIpc) is 2.80. The SMILES string of the molecule is CC1=CC(C)[C@](O)([C@H](C)CC(C)(C)C)C2C=C(C)C(=O)C2(O)C1.CCC.COC(C)=O. The van der Waals surface area contributed by atoms with E-state index in [9.17, 15) is 19.8 Å². The number of ketones is 1. The first-order chi connectivity index (χ1) is 14.0. The first-order valence-electron chi connectivity index (χ1n) is 11.4. The van der Waals surface area contributed by atoms with Crippen LogP contribution in [0, 0.1) is 23.2 Å². The van der Waals surface area contributed by atoms with Crippen LogP contribution in [0.3, 0.4) is 0 Å². The zero-order chi connectivity index (χ0) is 24.8. The Hall–Kier alpha value is -1.46. The molecule has 0 aromatic carbocycles. The number of hydrogen-bond donors (Lipinski definition) is 2. The van der Waals surface area contributed by atoms with Crippen LogP contribution in [0.5, 0.6) is 0 Å². The normalized spacial score (nSPS) is 30.9. The number of Topliss-reactive ketones (excluding diaryl/α,β-unsaturated/α-hetero) is 1. The fraction of sp³-hybridized carbons (Fsp3) is 0.769. The van der Waals surface area contributed by atoms with Crippen molar-refractivity contribution in [3.63, 3.8) is 0 Å². The predicted molar refractivity (Wildman–Crippen MR) is 127 cm³/mol. The van der Waals surface area contributed by atoms with Gasteiger partial charge < -0.3 is 14.9 Å². The largest absolute Gasteiger partial charge is 0.469 e. The van der Waals surface area contributed by atoms with Crippen LogP contribution in [0.25, 0.3) is 0 Å². The lowest BCUT2D eigenvalue weighted by molar-refractivity contribution is -0.161. The fourth-order valence-electron chi connectivity index (χ4n) is 4.82. The number of ether oxygens (including phenoxy) is 1. The molecule has 0 spiro atoms. The quantitative estimate of drug-likeness (QED) is 0.454. The molecule has 0 aromatic rings. The van der Waals surface area contributed by atoms with E-state index in [1.807, 2.05) is 32.9 Å². The van der Waals surface area contributed by atoms with Gasteiger partial charge in [-0.1, -0.05) is 72.6 Å². The first-order valence-corrected chi connectivity index (χ1v) is 11.4. The standard InChI is InChI=1S/C20H32O3.C3H6O2.C3H8/c1-12-8-14(3)20(23,15(4)11-18(5,6)7)16-9-13(2)17(21)19(16,22)10-12;1-3(4)5-2;1-3-2/h8-9,14-16,22-23H,10-11H2,1-7H3;1-2H3;3H2,1-2H3/t14?,15-,16?,19?,20+;;/m1../s1. The summed E-state index contributed by atoms with van der Waals surface area (Å²) in [5.41, 5.74) is -1.02. The third-order valence-electron chi connectivity index (χ3n) is 5.99. The Bertz CT molecular complexity index is 684. The predicted octanol–water partition coefficient (Wildman–Crippen LogP) is 5.25. The Labute approximate surface area is 190 Å². The highest BCUT2D eigenvalue weighted by atomic mass is 16.5. The number of rotatable bonds is 2. The van der Waals surface area contributed by atoms with Crippen molar-refractivity contribution in [2.75, 3.05) is 7.11 Å². The molecule has 0 fully saturated rings. The molecule has 0 saturated heterocycles. The lowest BCUT2D eigenvalue weighted by Crippen LogP contribution is -2.57. The van der Waals surface area contributed by atoms with E-state index in [0.29, 0.717) is 12.0 Å². The van der Waals surface area contributed by atoms with Gasteiger partial charge in [0.2, 0.25) is 0 Å². The number of carbonyl (C=O) groups is 2. The van der Waals surface area contributed by atoms with Crippen LogP contribution in [-0.2, 0) is 14.3 Å². The van der Waals surface area contributed by atoms with Gasteiger partial charge in [-0.3, -0.25) is 9.59 Å². The lowest BCUT2D eigenvalue weighted by atomic mass is 9.63. The molecule has 2 aliphatic carbocycles. The minimum absolute atomic E-state index is 0.0360. The number of fused-ring (bicyclic) bond motifs is 1. The van der Waals surface area contributed by atoms with Gasteiger partial charge >= 0.3 is 5.97 Å². The van der Waals surface area contributed by atoms with Gasteiger partial charge in [-0.05, 0) is 37.2 Å². The van der Waals surface area contributed by atoms with Gasteiger partial charge in [0, 0.05) is 25.2 Å². The summed E-state index contributed by atoms with van der Waals surface area (Å²) in [5, 5.41) is 22.9. The summed E-state index contributed by atoms with van der Waals surface area (Å²) >= 11 is 0. The highest BCUT2D eigenvalue weighted by molar-refractivity contribution is 6.04. The van der Waals surface area contributed by atoms with Crippen molar-refractivity contribution in [3.05, 3.63) is 23.3 Å². The van der Waals surface area contributed by atoms with E-state index in [-0.39, 0.29) is 29.0 Å². The smallest absolute Gasteiger partial charge is 0.302 e. The van der Waals surface area contributed by atoms with Gasteiger partial charge in [0.15, 0.2) is 5.78 Å². The van der Waals surface area contributed by atoms with Crippen molar-refractivity contribution in [1.29, 1.82) is 0 Å². The monoisotopic (exact) mass is 438 g/mol. The zero-order valence-corrected chi connectivity index (χ0v) is 21.6. The van der Waals surface area contributed by atoms with E-state index in [2.05, 4.69) is 39.4 Å². The molecule has 5 nitrogen and oxygen atoms in total. The Morgan fingerprint density at radius 1 is 1.23 bits per heavy atom. The summed E-state index contributed by atoms with van der Waals surface area (Å²) in [4.78, 5) is 22.2. The third kappa shape index (κ3) is 7.28. The van der Waals surface area contributed by atoms with Gasteiger partial charge in [0.25, 0.3) is 0 Å². The molecule has 180 valence electrons. The Kier molecular flexibility index (Phi) is 10.9. The zero-order valence-electron chi connectivity index (χ0n) is 21.6. The van der Waals surface area contributed by atoms with Gasteiger partial charge in [0.1, 0.15) is 5.60 Å². The lowest BCUT2D eigenvalue weighted by Gasteiger charge is -2.47. The average molecular weight is 439 g/mol. The van der Waals surface area contributed by atoms with Crippen LogP contribution in [0.1, 0.15) is 88.5 Å². The number of hydrogen-bond acceptors (Lipinski definition) is 5. The maximum absolute atomic E-state index is 12.6. The minimum atomic E-state index is -1.50. The second-order valence-electron chi connectivity index (χ2n) is 10.5. The van der Waals surface area contributed by atoms with Crippen molar-refractivity contribution in [2.24, 2.45) is 23.2 Å². The second kappa shape index (κ2) is 11.4. The molecule has 0 bridgehead atoms. The minimum Gasteiger partial charge on any atom is -0.469 e. The van der Waals surface area contributed by atoms with E-state index in [0.717, 1.165) is 12.0 Å². The molecule has 0 heterocycles. The number of carbonyl (C=O) groups excluding carboxylic acids is 2. The van der Waals surface area contributed by atoms with E-state index in [1.54, 1.807) is 6.92 Å². The van der Waals surface area contributed by atoms with Crippen LogP contribution >= 0.6 is 0 Å². The van der Waals surface area contributed by atoms with E-state index >= 15 is 0 Å². The molecule has 31 heavy (non-hydrogen) atoms. The van der Waals surface area contributed by atoms with Crippen LogP contribution in [0.15, 0.2) is 23.3 Å². The van der Waals surface area contributed by atoms with Crippen molar-refractivity contribution in [1.82, 2.24) is 0 Å². The number of methoxy groups -OCH3 is 1. The molecule has 2 rings (SSSR count). The van der Waals surface area contributed by atoms with E-state index < -0.39 is 17.1 Å². The molecule has 2 N–H and O–H groups in total. The highest BCUT2D eigenvalue weighted by Crippen LogP contribution is 2.52. The fourth-order valence-corrected chi connectivity index (χ4v) is 4.82. The highest BCUT2D eigenvalue weighted by Gasteiger charge is 2.60. The molecule has 0 radical (unpaired) electrons. The summed E-state index contributed by atoms with van der Waals surface area (Å²) in [5.74, 6) is -1.18. The Balaban J connectivity index is 0.000000968.